The van der Waals surface area contributed by atoms with Gasteiger partial charge in [-0.3, -0.25) is 28.8 Å². The molecule has 27 nitrogen and oxygen atoms in total. The number of hydrogen-bond donors (Lipinski definition) is 14. The molecular weight excluding hydrogens is 1300 g/mol. The Balaban J connectivity index is -0.000000821. The van der Waals surface area contributed by atoms with Gasteiger partial charge in [-0.2, -0.15) is 0 Å². The van der Waals surface area contributed by atoms with Crippen LogP contribution in [0, 0.1) is 29.6 Å². The number of Topliss-reactive ketones (excluding diaryl/α,β-unsaturated/α-hetero) is 1. The van der Waals surface area contributed by atoms with Crippen LogP contribution in [-0.4, -0.2) is 241 Å². The van der Waals surface area contributed by atoms with E-state index in [1.54, 1.807) is 27.9 Å². The Bertz CT molecular complexity index is 1960. The van der Waals surface area contributed by atoms with Crippen molar-refractivity contribution in [3.8, 4) is 0 Å². The molecule has 3 heterocycles. The van der Waals surface area contributed by atoms with Gasteiger partial charge < -0.3 is 106 Å². The zero-order valence-electron chi connectivity index (χ0n) is 54.9. The van der Waals surface area contributed by atoms with Crippen LogP contribution in [0.5, 0.6) is 0 Å². The van der Waals surface area contributed by atoms with E-state index in [1.807, 2.05) is 0 Å². The first kappa shape index (κ1) is 115. The average Bonchev–Trinajstić information content (AvgIpc) is 0.838. The zero-order chi connectivity index (χ0) is 67.0. The van der Waals surface area contributed by atoms with Crippen LogP contribution in [0.1, 0.15) is 251 Å². The minimum atomic E-state index is -1.27. The lowest BCUT2D eigenvalue weighted by molar-refractivity contribution is -0.282. The summed E-state index contributed by atoms with van der Waals surface area (Å²) in [6, 6.07) is -0.960. The highest BCUT2D eigenvalue weighted by atomic mass is 16.7. The summed E-state index contributed by atoms with van der Waals surface area (Å²) in [6.07, 6.45) is -4.24. The highest BCUT2D eigenvalue weighted by molar-refractivity contribution is 5.92. The highest BCUT2D eigenvalue weighted by Crippen LogP contribution is 2.30. The monoisotopic (exact) mass is 1460 g/mol. The number of amides is 5. The van der Waals surface area contributed by atoms with E-state index in [0.717, 1.165) is 5.92 Å². The Hall–Kier alpha value is -3.62. The van der Waals surface area contributed by atoms with Gasteiger partial charge in [-0.25, -0.2) is 0 Å². The molecule has 5 amide bonds. The van der Waals surface area contributed by atoms with Crippen LogP contribution < -0.4 is 26.6 Å². The third-order valence-electron chi connectivity index (χ3n) is 16.1. The fourth-order valence-corrected chi connectivity index (χ4v) is 10.4. The molecule has 3 aliphatic rings. The van der Waals surface area contributed by atoms with Crippen molar-refractivity contribution in [3.05, 3.63) is 0 Å². The van der Waals surface area contributed by atoms with Gasteiger partial charge in [0.05, 0.1) is 44.2 Å². The van der Waals surface area contributed by atoms with E-state index in [9.17, 15) is 74.7 Å². The third kappa shape index (κ3) is 46.3. The normalized spacial score (nSPS) is 24.7. The van der Waals surface area contributed by atoms with Crippen molar-refractivity contribution in [2.24, 2.45) is 29.6 Å². The third-order valence-corrected chi connectivity index (χ3v) is 16.1. The number of hydrogen-bond acceptors (Lipinski definition) is 22. The van der Waals surface area contributed by atoms with Gasteiger partial charge in [0.2, 0.25) is 29.5 Å². The van der Waals surface area contributed by atoms with Crippen molar-refractivity contribution in [2.45, 2.75) is 330 Å². The van der Waals surface area contributed by atoms with E-state index < -0.39 is 129 Å². The second-order valence-corrected chi connectivity index (χ2v) is 24.9. The molecule has 27 heteroatoms. The molecule has 0 aromatic carbocycles. The second kappa shape index (κ2) is 67.3. The van der Waals surface area contributed by atoms with Crippen LogP contribution in [-0.2, 0) is 61.9 Å². The van der Waals surface area contributed by atoms with E-state index in [4.69, 9.17) is 33.2 Å². The molecule has 0 aliphatic carbocycles. The maximum atomic E-state index is 14.3. The van der Waals surface area contributed by atoms with E-state index in [2.05, 4.69) is 47.4 Å². The predicted octanol–water partition coefficient (Wildman–Crippen LogP) is 7.26. The summed E-state index contributed by atoms with van der Waals surface area (Å²) in [5, 5.41) is 104. The summed E-state index contributed by atoms with van der Waals surface area (Å²) in [7, 11) is 1.60. The number of methoxy groups -OCH3 is 1. The lowest BCUT2D eigenvalue weighted by atomic mass is 9.91. The van der Waals surface area contributed by atoms with Crippen molar-refractivity contribution in [2.75, 3.05) is 79.5 Å². The second-order valence-electron chi connectivity index (χ2n) is 24.9. The largest absolute Gasteiger partial charge is 0.394 e. The molecule has 0 aromatic heterocycles. The van der Waals surface area contributed by atoms with Gasteiger partial charge in [-0.05, 0) is 95.8 Å². The minimum Gasteiger partial charge on any atom is -0.394 e. The smallest absolute Gasteiger partial charge is 0.223 e. The molecule has 606 valence electrons. The first-order valence-electron chi connectivity index (χ1n) is 33.1. The van der Waals surface area contributed by atoms with Crippen LogP contribution >= 0.6 is 0 Å². The molecule has 0 saturated carbocycles. The number of carbonyl (C=O) groups excluding carboxylic acids is 6. The SMILES string of the molecule is C.C.C.C.C.C.C.C.C.C.CC(C)C.COCCCNC(=O)CCCCCNC(=O)C(CCCCNC(=O)CCCCO[C@@H]1OC(CO)[C@H](O)[C@H](O)C1C)CC(=O)C(CCCCNC(=O)CCCCO[C@@H]1OC(CO)[C@H](O)[C@H](O)C1C)NC(=O)CCCCO[C@@H]1OC(CO)[C@H](O)[C@H](O)C1C. The Labute approximate surface area is 607 Å². The molecule has 100 heavy (non-hydrogen) atoms. The molecule has 0 spiro atoms. The quantitative estimate of drug-likeness (QED) is 0.0267. The van der Waals surface area contributed by atoms with E-state index in [-0.39, 0.29) is 156 Å². The van der Waals surface area contributed by atoms with Gasteiger partial charge in [0.25, 0.3) is 0 Å². The van der Waals surface area contributed by atoms with Gasteiger partial charge in [0, 0.05) is 115 Å². The van der Waals surface area contributed by atoms with Gasteiger partial charge >= 0.3 is 0 Å². The van der Waals surface area contributed by atoms with Crippen molar-refractivity contribution in [3.63, 3.8) is 0 Å². The summed E-state index contributed by atoms with van der Waals surface area (Å²) in [6.45, 7) is 12.6. The van der Waals surface area contributed by atoms with Crippen molar-refractivity contribution < 1.29 is 108 Å². The summed E-state index contributed by atoms with van der Waals surface area (Å²) in [5.41, 5.74) is 0. The van der Waals surface area contributed by atoms with E-state index in [1.165, 1.54) is 0 Å². The standard InChI is InChI=1S/C59H107N5O22.C4H10.10CH4/c1-37-50(73)53(76)43(34-65)84-57(37)81-30-15-9-22-47(70)60-25-13-7-19-40(56(79)63-27-12-5-6-21-46(69)62-28-18-29-80-4)33-42(68)41(64-49(72)24-11-17-32-83-59-39(3)52(75)55(78)45(36-67)86-59)20-8-14-26-61-48(71)23-10-16-31-82-58-38(2)51(74)54(77)44(35-66)85-58;1-4(2)3;;;;;;;;;;/h37-41,43-45,50-55,57-59,65-67,73-78H,5-36H2,1-4H3,(H,60,70)(H,61,71)(H,62,69)(H,63,79)(H,64,72);4H,1-3H3;10*1H4/t37?,38?,39?,40?,41?,43?,44?,45?,50-,51-,52-,53+,54+,55+,57-,58-,59-;;;;;;;;;;;/m1.........../s1. The lowest BCUT2D eigenvalue weighted by Gasteiger charge is -2.40. The fraction of sp³-hybridized carbons (Fsp3) is 0.918. The number of nitrogens with one attached hydrogen (secondary N) is 5. The first-order chi connectivity index (χ1) is 43.0. The van der Waals surface area contributed by atoms with Crippen LogP contribution in [0.4, 0.5) is 0 Å². The molecule has 3 fully saturated rings. The van der Waals surface area contributed by atoms with Gasteiger partial charge in [0.15, 0.2) is 24.7 Å². The Morgan fingerprint density at radius 1 is 0.390 bits per heavy atom. The van der Waals surface area contributed by atoms with Gasteiger partial charge in [-0.1, -0.05) is 129 Å². The summed E-state index contributed by atoms with van der Waals surface area (Å²) < 4.78 is 39.2. The van der Waals surface area contributed by atoms with Crippen LogP contribution in [0.3, 0.4) is 0 Å². The predicted molar refractivity (Wildman–Crippen MR) is 398 cm³/mol. The summed E-state index contributed by atoms with van der Waals surface area (Å²) in [4.78, 5) is 79.5. The number of carbonyl (C=O) groups is 6. The van der Waals surface area contributed by atoms with Crippen molar-refractivity contribution in [1.82, 2.24) is 26.6 Å². The van der Waals surface area contributed by atoms with Crippen LogP contribution in [0.15, 0.2) is 0 Å². The molecule has 3 aliphatic heterocycles. The Morgan fingerprint density at radius 2 is 0.700 bits per heavy atom. The first-order valence-corrected chi connectivity index (χ1v) is 33.1. The topological polar surface area (TPSA) is 409 Å². The highest BCUT2D eigenvalue weighted by Gasteiger charge is 2.45. The average molecular weight is 1460 g/mol. The molecule has 14 N–H and O–H groups in total. The molecule has 3 rings (SSSR count). The number of unbranched alkanes of at least 4 members (excludes halogenated alkanes) is 7. The molecule has 17 atom stereocenters. The minimum absolute atomic E-state index is 0. The number of aliphatic hydroxyl groups is 9. The Kier molecular flexibility index (Phi) is 77.3. The molecule has 8 unspecified atom stereocenters. The number of ketones is 1. The number of rotatable bonds is 46. The fourth-order valence-electron chi connectivity index (χ4n) is 10.4. The molecule has 0 radical (unpaired) electrons. The summed E-state index contributed by atoms with van der Waals surface area (Å²) in [5.74, 6) is -3.10. The molecule has 3 saturated heterocycles. The van der Waals surface area contributed by atoms with Crippen molar-refractivity contribution in [1.29, 1.82) is 0 Å². The van der Waals surface area contributed by atoms with Crippen molar-refractivity contribution >= 4 is 35.3 Å². The van der Waals surface area contributed by atoms with Gasteiger partial charge in [0.1, 0.15) is 36.6 Å². The Morgan fingerprint density at radius 3 is 1.05 bits per heavy atom. The number of aliphatic hydroxyl groups excluding tert-OH is 9. The van der Waals surface area contributed by atoms with E-state index in [0.29, 0.717) is 136 Å². The van der Waals surface area contributed by atoms with Crippen LogP contribution in [0.2, 0.25) is 0 Å². The molecular formula is C73H157N5O22. The van der Waals surface area contributed by atoms with Gasteiger partial charge in [-0.15, -0.1) is 0 Å². The lowest BCUT2D eigenvalue weighted by Crippen LogP contribution is -2.55. The maximum Gasteiger partial charge on any atom is 0.223 e. The molecule has 0 bridgehead atoms. The van der Waals surface area contributed by atoms with E-state index >= 15 is 0 Å². The summed E-state index contributed by atoms with van der Waals surface area (Å²) >= 11 is 0. The van der Waals surface area contributed by atoms with Crippen LogP contribution in [0.25, 0.3) is 0 Å². The number of ether oxygens (including phenoxy) is 7. The maximum absolute atomic E-state index is 14.3. The molecule has 0 aromatic rings. The zero-order valence-corrected chi connectivity index (χ0v) is 54.9.